The van der Waals surface area contributed by atoms with Crippen LogP contribution in [-0.2, 0) is 32.0 Å². The van der Waals surface area contributed by atoms with Crippen LogP contribution in [0.15, 0.2) is 77.9 Å². The molecule has 4 aromatic rings. The van der Waals surface area contributed by atoms with E-state index in [1.807, 2.05) is 24.3 Å². The van der Waals surface area contributed by atoms with Crippen molar-refractivity contribution in [1.82, 2.24) is 9.80 Å². The third kappa shape index (κ3) is 9.12. The molecular weight excluding hydrogens is 760 g/mol. The number of nitrogens with zero attached hydrogens (tertiary/aromatic N) is 2. The quantitative estimate of drug-likeness (QED) is 0.0870. The smallest absolute Gasteiger partial charge is 0.256 e. The highest BCUT2D eigenvalue weighted by molar-refractivity contribution is 6.16. The van der Waals surface area contributed by atoms with Gasteiger partial charge in [0.05, 0.1) is 62.6 Å². The average molecular weight is 807 g/mol. The number of carbonyl (C=O) groups is 4. The van der Waals surface area contributed by atoms with Gasteiger partial charge in [0.25, 0.3) is 11.8 Å². The van der Waals surface area contributed by atoms with E-state index in [4.69, 9.17) is 37.9 Å². The van der Waals surface area contributed by atoms with Gasteiger partial charge in [-0.3, -0.25) is 29.0 Å². The minimum Gasteiger partial charge on any atom is -0.493 e. The maximum absolute atomic E-state index is 13.7. The van der Waals surface area contributed by atoms with Crippen molar-refractivity contribution in [3.8, 4) is 51.7 Å². The molecule has 14 heteroatoms. The van der Waals surface area contributed by atoms with Gasteiger partial charge in [0.1, 0.15) is 5.75 Å². The lowest BCUT2D eigenvalue weighted by Crippen LogP contribution is -2.31. The zero-order chi connectivity index (χ0) is 42.2. The predicted molar refractivity (Wildman–Crippen MR) is 218 cm³/mol. The molecule has 2 heterocycles. The molecule has 308 valence electrons. The summed E-state index contributed by atoms with van der Waals surface area (Å²) in [5.74, 6) is 2.51. The highest BCUT2D eigenvalue weighted by Crippen LogP contribution is 2.42. The van der Waals surface area contributed by atoms with E-state index in [2.05, 4.69) is 0 Å². The van der Waals surface area contributed by atoms with Crippen LogP contribution < -0.4 is 37.9 Å². The molecule has 0 aliphatic carbocycles. The minimum absolute atomic E-state index is 0.0571. The first kappa shape index (κ1) is 41.7. The summed E-state index contributed by atoms with van der Waals surface area (Å²) in [4.78, 5) is 55.8. The minimum atomic E-state index is -0.420. The lowest BCUT2D eigenvalue weighted by atomic mass is 10.1. The predicted octanol–water partition coefficient (Wildman–Crippen LogP) is 6.31. The maximum atomic E-state index is 13.7. The summed E-state index contributed by atoms with van der Waals surface area (Å²) in [7, 11) is 10.7. The fourth-order valence-electron chi connectivity index (χ4n) is 6.92. The summed E-state index contributed by atoms with van der Waals surface area (Å²) in [6, 6.07) is 19.3. The van der Waals surface area contributed by atoms with Gasteiger partial charge in [-0.25, -0.2) is 0 Å². The first-order chi connectivity index (χ1) is 28.5. The maximum Gasteiger partial charge on any atom is 0.256 e. The van der Waals surface area contributed by atoms with Gasteiger partial charge in [0, 0.05) is 35.9 Å². The van der Waals surface area contributed by atoms with Gasteiger partial charge in [0.15, 0.2) is 46.0 Å². The molecule has 0 radical (unpaired) electrons. The molecule has 59 heavy (non-hydrogen) atoms. The second kappa shape index (κ2) is 18.5. The number of likely N-dealkylation sites (tertiary alicyclic amines) is 2. The van der Waals surface area contributed by atoms with E-state index in [0.29, 0.717) is 69.8 Å². The van der Waals surface area contributed by atoms with Crippen molar-refractivity contribution in [1.29, 1.82) is 0 Å². The summed E-state index contributed by atoms with van der Waals surface area (Å²) in [5, 5.41) is 0. The zero-order valence-corrected chi connectivity index (χ0v) is 34.0. The first-order valence-electron chi connectivity index (χ1n) is 18.7. The molecule has 0 saturated carbocycles. The normalized spacial score (nSPS) is 15.3. The number of imide groups is 2. The third-order valence-electron chi connectivity index (χ3n) is 10.1. The lowest BCUT2D eigenvalue weighted by molar-refractivity contribution is -0.139. The van der Waals surface area contributed by atoms with E-state index < -0.39 is 5.91 Å². The molecule has 0 bridgehead atoms. The standard InChI is InChI=1S/C45H46N2O12/c1-52-33-11-8-27(19-37(33)55-4)14-16-46-42(48)24-31(44(46)50)18-29-10-13-35(54-3)41(21-29)59-36-26-40(58-7)39(57-6)23-30(36)22-32-25-43(49)47(45(32)51)17-15-28-9-12-34(53-2)38(20-28)56-5/h8-13,18-23,26H,14-17,24-25H2,1-7H3/b31-18+,32-22+. The lowest BCUT2D eigenvalue weighted by Gasteiger charge is -2.17. The van der Waals surface area contributed by atoms with Gasteiger partial charge >= 0.3 is 0 Å². The SMILES string of the molecule is COc1ccc(CCN2C(=O)C/C(=C\c3ccc(OC)c(Oc4cc(OC)c(OC)cc4/C=C4\CC(=O)N(CCc5ccc(OC)c(OC)c5)C4=O)c3)C2=O)cc1OC. The van der Waals surface area contributed by atoms with Crippen molar-refractivity contribution >= 4 is 35.8 Å². The third-order valence-corrected chi connectivity index (χ3v) is 10.1. The van der Waals surface area contributed by atoms with E-state index in [1.54, 1.807) is 83.1 Å². The van der Waals surface area contributed by atoms with E-state index in [-0.39, 0.29) is 60.7 Å². The van der Waals surface area contributed by atoms with Gasteiger partial charge in [-0.05, 0) is 84.1 Å². The van der Waals surface area contributed by atoms with Crippen LogP contribution in [0, 0.1) is 0 Å². The summed E-state index contributed by atoms with van der Waals surface area (Å²) in [6.07, 6.45) is 3.94. The number of hydrogen-bond acceptors (Lipinski definition) is 12. The molecule has 0 spiro atoms. The van der Waals surface area contributed by atoms with E-state index in [9.17, 15) is 19.2 Å². The molecule has 6 rings (SSSR count). The molecular formula is C45H46N2O12. The summed E-state index contributed by atoms with van der Waals surface area (Å²) < 4.78 is 44.7. The molecule has 0 aromatic heterocycles. The van der Waals surface area contributed by atoms with Crippen LogP contribution in [0.3, 0.4) is 0 Å². The second-order valence-electron chi connectivity index (χ2n) is 13.5. The fourth-order valence-corrected chi connectivity index (χ4v) is 6.92. The monoisotopic (exact) mass is 806 g/mol. The summed E-state index contributed by atoms with van der Waals surface area (Å²) in [5.41, 5.74) is 3.37. The Bertz CT molecular complexity index is 2330. The Labute approximate surface area is 342 Å². The van der Waals surface area contributed by atoms with Crippen molar-refractivity contribution in [2.24, 2.45) is 0 Å². The number of ether oxygens (including phenoxy) is 8. The van der Waals surface area contributed by atoms with Crippen LogP contribution in [0.1, 0.15) is 35.1 Å². The molecule has 0 N–H and O–H groups in total. The van der Waals surface area contributed by atoms with Gasteiger partial charge in [-0.1, -0.05) is 18.2 Å². The first-order valence-corrected chi connectivity index (χ1v) is 18.7. The number of rotatable bonds is 17. The van der Waals surface area contributed by atoms with Gasteiger partial charge in [-0.15, -0.1) is 0 Å². The largest absolute Gasteiger partial charge is 0.493 e. The molecule has 2 aliphatic rings. The van der Waals surface area contributed by atoms with Crippen LogP contribution in [0.25, 0.3) is 12.2 Å². The Kier molecular flexibility index (Phi) is 13.1. The van der Waals surface area contributed by atoms with Crippen molar-refractivity contribution in [2.45, 2.75) is 25.7 Å². The second-order valence-corrected chi connectivity index (χ2v) is 13.5. The molecule has 0 unspecified atom stereocenters. The van der Waals surface area contributed by atoms with E-state index in [1.165, 1.54) is 31.1 Å². The Morgan fingerprint density at radius 1 is 0.458 bits per heavy atom. The number of hydrogen-bond donors (Lipinski definition) is 0. The molecule has 14 nitrogen and oxygen atoms in total. The fraction of sp³-hybridized carbons (Fsp3) is 0.289. The molecule has 4 aromatic carbocycles. The van der Waals surface area contributed by atoms with Crippen molar-refractivity contribution in [2.75, 3.05) is 62.9 Å². The van der Waals surface area contributed by atoms with Crippen LogP contribution in [0.5, 0.6) is 51.7 Å². The highest BCUT2D eigenvalue weighted by atomic mass is 16.5. The molecule has 2 saturated heterocycles. The van der Waals surface area contributed by atoms with Crippen LogP contribution in [0.2, 0.25) is 0 Å². The molecule has 2 aliphatic heterocycles. The molecule has 2 fully saturated rings. The number of carbonyl (C=O) groups excluding carboxylic acids is 4. The topological polar surface area (TPSA) is 149 Å². The van der Waals surface area contributed by atoms with Crippen molar-refractivity contribution < 1.29 is 57.1 Å². The Morgan fingerprint density at radius 2 is 0.881 bits per heavy atom. The molecule has 4 amide bonds. The Morgan fingerprint density at radius 3 is 1.37 bits per heavy atom. The van der Waals surface area contributed by atoms with Crippen molar-refractivity contribution in [3.05, 3.63) is 100 Å². The highest BCUT2D eigenvalue weighted by Gasteiger charge is 2.35. The van der Waals surface area contributed by atoms with E-state index in [0.717, 1.165) is 11.1 Å². The van der Waals surface area contributed by atoms with Gasteiger partial charge in [0.2, 0.25) is 11.8 Å². The van der Waals surface area contributed by atoms with E-state index >= 15 is 0 Å². The molecule has 0 atom stereocenters. The van der Waals surface area contributed by atoms with Crippen molar-refractivity contribution in [3.63, 3.8) is 0 Å². The zero-order valence-electron chi connectivity index (χ0n) is 34.0. The van der Waals surface area contributed by atoms with Crippen LogP contribution >= 0.6 is 0 Å². The Balaban J connectivity index is 1.23. The van der Waals surface area contributed by atoms with Crippen LogP contribution in [0.4, 0.5) is 0 Å². The number of methoxy groups -OCH3 is 7. The van der Waals surface area contributed by atoms with Crippen LogP contribution in [-0.4, -0.2) is 96.3 Å². The number of benzene rings is 4. The Hall–Kier alpha value is -6.96. The summed E-state index contributed by atoms with van der Waals surface area (Å²) in [6.45, 7) is 0.367. The summed E-state index contributed by atoms with van der Waals surface area (Å²) >= 11 is 0. The number of amides is 4. The average Bonchev–Trinajstić information content (AvgIpc) is 3.68. The van der Waals surface area contributed by atoms with Gasteiger partial charge < -0.3 is 37.9 Å². The van der Waals surface area contributed by atoms with Gasteiger partial charge in [-0.2, -0.15) is 0 Å².